The molecule has 1 heterocycles. The average Bonchev–Trinajstić information content (AvgIpc) is 2.96. The highest BCUT2D eigenvalue weighted by atomic mass is 32.2. The zero-order chi connectivity index (χ0) is 30.4. The molecule has 3 aromatic rings. The molecule has 1 atom stereocenters. The summed E-state index contributed by atoms with van der Waals surface area (Å²) in [6.45, 7) is 7.44. The summed E-state index contributed by atoms with van der Waals surface area (Å²) in [6.07, 6.45) is 0.307. The minimum absolute atomic E-state index is 0.0927. The van der Waals surface area contributed by atoms with E-state index in [9.17, 15) is 22.4 Å². The second-order valence-electron chi connectivity index (χ2n) is 10.3. The van der Waals surface area contributed by atoms with E-state index in [-0.39, 0.29) is 41.4 Å². The molecule has 9 nitrogen and oxygen atoms in total. The lowest BCUT2D eigenvalue weighted by Gasteiger charge is -2.34. The van der Waals surface area contributed by atoms with Crippen molar-refractivity contribution in [3.63, 3.8) is 0 Å². The van der Waals surface area contributed by atoms with Crippen LogP contribution in [0.1, 0.15) is 38.3 Å². The number of anilines is 1. The number of hydrogen-bond acceptors (Lipinski definition) is 6. The first-order valence-electron chi connectivity index (χ1n) is 13.8. The zero-order valence-corrected chi connectivity index (χ0v) is 25.0. The molecule has 0 aliphatic carbocycles. The van der Waals surface area contributed by atoms with Gasteiger partial charge in [0.1, 0.15) is 31.6 Å². The Hall–Kier alpha value is -4.12. The first kappa shape index (κ1) is 30.8. The normalized spacial score (nSPS) is 13.4. The van der Waals surface area contributed by atoms with Crippen LogP contribution in [0.2, 0.25) is 0 Å². The second kappa shape index (κ2) is 13.2. The van der Waals surface area contributed by atoms with Crippen molar-refractivity contribution < 1.29 is 31.9 Å². The predicted octanol–water partition coefficient (Wildman–Crippen LogP) is 4.43. The first-order valence-corrected chi connectivity index (χ1v) is 15.3. The molecule has 1 N–H and O–H groups in total. The molecule has 0 aromatic heterocycles. The Bertz CT molecular complexity index is 1530. The number of aryl methyl sites for hydroxylation is 1. The molecule has 1 aliphatic heterocycles. The number of benzene rings is 3. The maximum absolute atomic E-state index is 14.1. The summed E-state index contributed by atoms with van der Waals surface area (Å²) in [5, 5.41) is 2.87. The summed E-state index contributed by atoms with van der Waals surface area (Å²) >= 11 is 0. The Balaban J connectivity index is 1.75. The topological polar surface area (TPSA) is 105 Å². The van der Waals surface area contributed by atoms with Gasteiger partial charge in [0.2, 0.25) is 11.8 Å². The zero-order valence-electron chi connectivity index (χ0n) is 24.2. The van der Waals surface area contributed by atoms with Crippen molar-refractivity contribution in [3.05, 3.63) is 83.7 Å². The molecule has 4 rings (SSSR count). The standard InChI is InChI=1S/C31H36FN3O6S/c1-5-27(31(37)33-21(2)3)34(19-23-9-7-6-8-22(23)4)30(36)20-35(25-12-10-24(32)11-13-25)42(38,39)26-14-15-28-29(18-26)41-17-16-40-28/h6-15,18,21,27H,5,16-17,19-20H2,1-4H3,(H,33,37)/t27-/m0/s1. The van der Waals surface area contributed by atoms with E-state index in [1.54, 1.807) is 6.92 Å². The monoisotopic (exact) mass is 597 g/mol. The van der Waals surface area contributed by atoms with Gasteiger partial charge in [-0.15, -0.1) is 0 Å². The van der Waals surface area contributed by atoms with Gasteiger partial charge in [0.05, 0.1) is 10.6 Å². The van der Waals surface area contributed by atoms with Crippen LogP contribution in [-0.2, 0) is 26.2 Å². The summed E-state index contributed by atoms with van der Waals surface area (Å²) in [4.78, 5) is 28.7. The Kier molecular flexibility index (Phi) is 9.72. The molecule has 0 spiro atoms. The molecule has 0 fully saturated rings. The Labute approximate surface area is 246 Å². The fraction of sp³-hybridized carbons (Fsp3) is 0.355. The van der Waals surface area contributed by atoms with Gasteiger partial charge in [-0.25, -0.2) is 12.8 Å². The molecular weight excluding hydrogens is 561 g/mol. The molecule has 11 heteroatoms. The second-order valence-corrected chi connectivity index (χ2v) is 12.2. The summed E-state index contributed by atoms with van der Waals surface area (Å²) < 4.78 is 54.1. The van der Waals surface area contributed by atoms with Crippen molar-refractivity contribution in [2.75, 3.05) is 24.1 Å². The third-order valence-electron chi connectivity index (χ3n) is 6.91. The van der Waals surface area contributed by atoms with Gasteiger partial charge in [0, 0.05) is 18.7 Å². The van der Waals surface area contributed by atoms with Crippen molar-refractivity contribution in [2.24, 2.45) is 0 Å². The number of carbonyl (C=O) groups excluding carboxylic acids is 2. The van der Waals surface area contributed by atoms with E-state index in [0.717, 1.165) is 27.6 Å². The SMILES string of the molecule is CC[C@@H](C(=O)NC(C)C)N(Cc1ccccc1C)C(=O)CN(c1ccc(F)cc1)S(=O)(=O)c1ccc2c(c1)OCCO2. The van der Waals surface area contributed by atoms with E-state index >= 15 is 0 Å². The molecule has 0 bridgehead atoms. The molecule has 0 saturated carbocycles. The number of carbonyl (C=O) groups is 2. The van der Waals surface area contributed by atoms with E-state index < -0.39 is 34.3 Å². The third kappa shape index (κ3) is 7.02. The summed E-state index contributed by atoms with van der Waals surface area (Å²) in [5.74, 6) is -0.799. The molecule has 224 valence electrons. The maximum atomic E-state index is 14.1. The van der Waals surface area contributed by atoms with Crippen LogP contribution in [0.3, 0.4) is 0 Å². The van der Waals surface area contributed by atoms with Crippen LogP contribution in [0.15, 0.2) is 71.6 Å². The van der Waals surface area contributed by atoms with Gasteiger partial charge in [-0.3, -0.25) is 13.9 Å². The van der Waals surface area contributed by atoms with Gasteiger partial charge >= 0.3 is 0 Å². The van der Waals surface area contributed by atoms with Crippen molar-refractivity contribution in [1.29, 1.82) is 0 Å². The van der Waals surface area contributed by atoms with Crippen molar-refractivity contribution in [1.82, 2.24) is 10.2 Å². The third-order valence-corrected chi connectivity index (χ3v) is 8.68. The molecular formula is C31H36FN3O6S. The lowest BCUT2D eigenvalue weighted by Crippen LogP contribution is -2.53. The Morgan fingerprint density at radius 1 is 0.976 bits per heavy atom. The fourth-order valence-corrected chi connectivity index (χ4v) is 6.15. The number of amides is 2. The summed E-state index contributed by atoms with van der Waals surface area (Å²) in [6, 6.07) is 15.6. The molecule has 0 radical (unpaired) electrons. The van der Waals surface area contributed by atoms with E-state index in [0.29, 0.717) is 18.8 Å². The lowest BCUT2D eigenvalue weighted by atomic mass is 10.1. The molecule has 1 aliphatic rings. The lowest BCUT2D eigenvalue weighted by molar-refractivity contribution is -0.140. The van der Waals surface area contributed by atoms with Gasteiger partial charge in [0.15, 0.2) is 11.5 Å². The number of nitrogens with one attached hydrogen (secondary N) is 1. The number of halogens is 1. The number of sulfonamides is 1. The van der Waals surface area contributed by atoms with Gasteiger partial charge in [-0.2, -0.15) is 0 Å². The van der Waals surface area contributed by atoms with Crippen LogP contribution in [-0.4, -0.2) is 57.0 Å². The minimum atomic E-state index is -4.35. The van der Waals surface area contributed by atoms with Crippen LogP contribution >= 0.6 is 0 Å². The van der Waals surface area contributed by atoms with Crippen LogP contribution in [0.4, 0.5) is 10.1 Å². The quantitative estimate of drug-likeness (QED) is 0.351. The number of fused-ring (bicyclic) bond motifs is 1. The molecule has 0 saturated heterocycles. The average molecular weight is 598 g/mol. The van der Waals surface area contributed by atoms with Gasteiger partial charge in [-0.1, -0.05) is 31.2 Å². The molecule has 2 amide bonds. The highest BCUT2D eigenvalue weighted by Gasteiger charge is 2.34. The fourth-order valence-electron chi connectivity index (χ4n) is 4.72. The van der Waals surface area contributed by atoms with Crippen molar-refractivity contribution >= 4 is 27.5 Å². The van der Waals surface area contributed by atoms with E-state index in [1.807, 2.05) is 45.0 Å². The molecule has 42 heavy (non-hydrogen) atoms. The van der Waals surface area contributed by atoms with Gasteiger partial charge in [0.25, 0.3) is 10.0 Å². The van der Waals surface area contributed by atoms with E-state index in [4.69, 9.17) is 9.47 Å². The maximum Gasteiger partial charge on any atom is 0.264 e. The predicted molar refractivity (Wildman–Crippen MR) is 157 cm³/mol. The van der Waals surface area contributed by atoms with E-state index in [1.165, 1.54) is 35.2 Å². The number of rotatable bonds is 11. The number of hydrogen-bond donors (Lipinski definition) is 1. The van der Waals surface area contributed by atoms with Crippen LogP contribution in [0.5, 0.6) is 11.5 Å². The number of nitrogens with zero attached hydrogens (tertiary/aromatic N) is 2. The summed E-state index contributed by atoms with van der Waals surface area (Å²) in [5.41, 5.74) is 1.84. The molecule has 3 aromatic carbocycles. The smallest absolute Gasteiger partial charge is 0.264 e. The minimum Gasteiger partial charge on any atom is -0.486 e. The highest BCUT2D eigenvalue weighted by Crippen LogP contribution is 2.34. The van der Waals surface area contributed by atoms with Gasteiger partial charge in [-0.05, 0) is 74.7 Å². The number of ether oxygens (including phenoxy) is 2. The first-order chi connectivity index (χ1) is 20.0. The summed E-state index contributed by atoms with van der Waals surface area (Å²) in [7, 11) is -4.35. The van der Waals surface area contributed by atoms with Crippen molar-refractivity contribution in [2.45, 2.75) is 57.6 Å². The van der Waals surface area contributed by atoms with Crippen LogP contribution in [0.25, 0.3) is 0 Å². The van der Waals surface area contributed by atoms with E-state index in [2.05, 4.69) is 5.32 Å². The Morgan fingerprint density at radius 3 is 2.29 bits per heavy atom. The Morgan fingerprint density at radius 2 is 1.64 bits per heavy atom. The van der Waals surface area contributed by atoms with Crippen molar-refractivity contribution in [3.8, 4) is 11.5 Å². The van der Waals surface area contributed by atoms with Crippen LogP contribution in [0, 0.1) is 12.7 Å². The molecule has 0 unspecified atom stereocenters. The van der Waals surface area contributed by atoms with Gasteiger partial charge < -0.3 is 19.7 Å². The highest BCUT2D eigenvalue weighted by molar-refractivity contribution is 7.92. The van der Waals surface area contributed by atoms with Crippen LogP contribution < -0.4 is 19.1 Å². The largest absolute Gasteiger partial charge is 0.486 e.